The SMILES string of the molecule is Cc1cc(=O)[nH]c(-c2ccc3cc(C(=O)NCCN(C)C)ccc3c2)n1.Cl.Cl. The highest BCUT2D eigenvalue weighted by Crippen LogP contribution is 2.22. The normalized spacial score (nSPS) is 10.3. The molecular formula is C20H24Cl2N4O2. The minimum absolute atomic E-state index is 0. The van der Waals surface area contributed by atoms with E-state index in [0.29, 0.717) is 23.6 Å². The number of fused-ring (bicyclic) bond motifs is 1. The van der Waals surface area contributed by atoms with E-state index in [2.05, 4.69) is 15.3 Å². The number of halogens is 2. The molecule has 1 aromatic heterocycles. The third kappa shape index (κ3) is 5.79. The van der Waals surface area contributed by atoms with Crippen LogP contribution in [0.5, 0.6) is 0 Å². The molecule has 0 bridgehead atoms. The standard InChI is InChI=1S/C20H22N4O2.2ClH/c1-13-10-18(25)23-19(22-13)16-6-4-15-12-17(7-5-14(15)11-16)20(26)21-8-9-24(2)3;;/h4-7,10-12H,8-9H2,1-3H3,(H,21,26)(H,22,23,25);2*1H. The fourth-order valence-corrected chi connectivity index (χ4v) is 2.75. The number of aromatic amines is 1. The van der Waals surface area contributed by atoms with Gasteiger partial charge in [-0.05, 0) is 50.0 Å². The van der Waals surface area contributed by atoms with Gasteiger partial charge in [-0.3, -0.25) is 9.59 Å². The van der Waals surface area contributed by atoms with Gasteiger partial charge in [-0.2, -0.15) is 0 Å². The molecule has 0 radical (unpaired) electrons. The lowest BCUT2D eigenvalue weighted by Crippen LogP contribution is -2.31. The van der Waals surface area contributed by atoms with Crippen LogP contribution >= 0.6 is 24.8 Å². The fraction of sp³-hybridized carbons (Fsp3) is 0.250. The lowest BCUT2D eigenvalue weighted by Gasteiger charge is -2.11. The minimum Gasteiger partial charge on any atom is -0.351 e. The maximum absolute atomic E-state index is 12.3. The zero-order valence-electron chi connectivity index (χ0n) is 16.0. The number of benzene rings is 2. The number of rotatable bonds is 5. The van der Waals surface area contributed by atoms with Crippen LogP contribution < -0.4 is 10.9 Å². The van der Waals surface area contributed by atoms with Crippen LogP contribution in [0.15, 0.2) is 47.3 Å². The van der Waals surface area contributed by atoms with Crippen molar-refractivity contribution in [2.75, 3.05) is 27.2 Å². The topological polar surface area (TPSA) is 78.1 Å². The quantitative estimate of drug-likeness (QED) is 0.662. The van der Waals surface area contributed by atoms with Crippen molar-refractivity contribution >= 4 is 41.5 Å². The molecule has 0 spiro atoms. The van der Waals surface area contributed by atoms with Gasteiger partial charge in [0.1, 0.15) is 5.82 Å². The van der Waals surface area contributed by atoms with Crippen LogP contribution in [-0.2, 0) is 0 Å². The number of hydrogen-bond donors (Lipinski definition) is 2. The average Bonchev–Trinajstić information content (AvgIpc) is 2.59. The molecule has 0 fully saturated rings. The summed E-state index contributed by atoms with van der Waals surface area (Å²) in [4.78, 5) is 33.1. The van der Waals surface area contributed by atoms with Crippen molar-refractivity contribution in [2.45, 2.75) is 6.92 Å². The number of likely N-dealkylation sites (N-methyl/N-ethyl adjacent to an activating group) is 1. The molecule has 8 heteroatoms. The van der Waals surface area contributed by atoms with Gasteiger partial charge in [-0.15, -0.1) is 24.8 Å². The zero-order chi connectivity index (χ0) is 18.7. The summed E-state index contributed by atoms with van der Waals surface area (Å²) in [7, 11) is 3.94. The number of nitrogens with one attached hydrogen (secondary N) is 2. The second kappa shape index (κ2) is 10.2. The first kappa shape index (κ1) is 23.6. The molecule has 2 aromatic carbocycles. The van der Waals surface area contributed by atoms with E-state index in [9.17, 15) is 9.59 Å². The molecule has 6 nitrogen and oxygen atoms in total. The molecule has 0 aliphatic heterocycles. The van der Waals surface area contributed by atoms with E-state index in [0.717, 1.165) is 22.9 Å². The van der Waals surface area contributed by atoms with E-state index in [4.69, 9.17) is 0 Å². The van der Waals surface area contributed by atoms with Crippen molar-refractivity contribution in [1.29, 1.82) is 0 Å². The van der Waals surface area contributed by atoms with Crippen LogP contribution in [0.25, 0.3) is 22.2 Å². The molecule has 28 heavy (non-hydrogen) atoms. The monoisotopic (exact) mass is 422 g/mol. The van der Waals surface area contributed by atoms with Gasteiger partial charge in [0.05, 0.1) is 0 Å². The van der Waals surface area contributed by atoms with E-state index < -0.39 is 0 Å². The Kier molecular flexibility index (Phi) is 8.63. The summed E-state index contributed by atoms with van der Waals surface area (Å²) in [6.07, 6.45) is 0. The Morgan fingerprint density at radius 3 is 2.43 bits per heavy atom. The molecule has 2 N–H and O–H groups in total. The number of carbonyl (C=O) groups is 1. The van der Waals surface area contributed by atoms with Gasteiger partial charge in [-0.1, -0.05) is 18.2 Å². The van der Waals surface area contributed by atoms with Gasteiger partial charge in [0.2, 0.25) is 0 Å². The maximum atomic E-state index is 12.3. The first-order valence-corrected chi connectivity index (χ1v) is 8.47. The summed E-state index contributed by atoms with van der Waals surface area (Å²) in [5, 5.41) is 4.86. The third-order valence-corrected chi connectivity index (χ3v) is 4.09. The Morgan fingerprint density at radius 2 is 1.75 bits per heavy atom. The van der Waals surface area contributed by atoms with Gasteiger partial charge in [0.15, 0.2) is 0 Å². The van der Waals surface area contributed by atoms with Crippen molar-refractivity contribution in [3.8, 4) is 11.4 Å². The van der Waals surface area contributed by atoms with Crippen molar-refractivity contribution in [2.24, 2.45) is 0 Å². The molecule has 0 atom stereocenters. The fourth-order valence-electron chi connectivity index (χ4n) is 2.75. The Bertz CT molecular complexity index is 1020. The molecule has 0 saturated heterocycles. The van der Waals surface area contributed by atoms with Crippen LogP contribution in [0.4, 0.5) is 0 Å². The number of hydrogen-bond acceptors (Lipinski definition) is 4. The van der Waals surface area contributed by atoms with Gasteiger partial charge < -0.3 is 15.2 Å². The van der Waals surface area contributed by atoms with Gasteiger partial charge in [0.25, 0.3) is 11.5 Å². The number of amides is 1. The Morgan fingerprint density at radius 1 is 1.07 bits per heavy atom. The second-order valence-electron chi connectivity index (χ2n) is 6.57. The van der Waals surface area contributed by atoms with E-state index in [1.807, 2.05) is 55.4 Å². The molecule has 1 heterocycles. The van der Waals surface area contributed by atoms with Gasteiger partial charge in [0, 0.05) is 36.0 Å². The minimum atomic E-state index is -0.169. The largest absolute Gasteiger partial charge is 0.351 e. The first-order chi connectivity index (χ1) is 12.4. The van der Waals surface area contributed by atoms with Crippen molar-refractivity contribution < 1.29 is 4.79 Å². The number of nitrogens with zero attached hydrogens (tertiary/aromatic N) is 2. The van der Waals surface area contributed by atoms with E-state index >= 15 is 0 Å². The van der Waals surface area contributed by atoms with E-state index in [1.54, 1.807) is 6.92 Å². The highest BCUT2D eigenvalue weighted by molar-refractivity contribution is 5.99. The molecule has 3 rings (SSSR count). The average molecular weight is 423 g/mol. The highest BCUT2D eigenvalue weighted by atomic mass is 35.5. The molecule has 3 aromatic rings. The summed E-state index contributed by atoms with van der Waals surface area (Å²) in [5.41, 5.74) is 1.97. The predicted molar refractivity (Wildman–Crippen MR) is 118 cm³/mol. The Balaban J connectivity index is 0.00000196. The van der Waals surface area contributed by atoms with Crippen molar-refractivity contribution in [3.63, 3.8) is 0 Å². The van der Waals surface area contributed by atoms with Crippen LogP contribution in [0.1, 0.15) is 16.1 Å². The number of H-pyrrole nitrogens is 1. The predicted octanol–water partition coefficient (Wildman–Crippen LogP) is 3.03. The van der Waals surface area contributed by atoms with Crippen molar-refractivity contribution in [1.82, 2.24) is 20.2 Å². The zero-order valence-corrected chi connectivity index (χ0v) is 17.6. The number of carbonyl (C=O) groups excluding carboxylic acids is 1. The lowest BCUT2D eigenvalue weighted by atomic mass is 10.0. The smallest absolute Gasteiger partial charge is 0.251 e. The summed E-state index contributed by atoms with van der Waals surface area (Å²) >= 11 is 0. The first-order valence-electron chi connectivity index (χ1n) is 8.47. The second-order valence-corrected chi connectivity index (χ2v) is 6.57. The van der Waals surface area contributed by atoms with E-state index in [1.165, 1.54) is 6.07 Å². The van der Waals surface area contributed by atoms with E-state index in [-0.39, 0.29) is 36.3 Å². The maximum Gasteiger partial charge on any atom is 0.251 e. The van der Waals surface area contributed by atoms with Crippen LogP contribution in [0.2, 0.25) is 0 Å². The third-order valence-electron chi connectivity index (χ3n) is 4.09. The summed E-state index contributed by atoms with van der Waals surface area (Å²) in [6.45, 7) is 3.19. The molecule has 0 aliphatic rings. The van der Waals surface area contributed by atoms with Crippen LogP contribution in [0, 0.1) is 6.92 Å². The molecule has 0 saturated carbocycles. The molecular weight excluding hydrogens is 399 g/mol. The van der Waals surface area contributed by atoms with Gasteiger partial charge in [-0.25, -0.2) is 4.98 Å². The number of aromatic nitrogens is 2. The Hall–Kier alpha value is -2.41. The number of aryl methyl sites for hydroxylation is 1. The van der Waals surface area contributed by atoms with Gasteiger partial charge >= 0.3 is 0 Å². The molecule has 1 amide bonds. The lowest BCUT2D eigenvalue weighted by molar-refractivity contribution is 0.0951. The molecule has 150 valence electrons. The Labute approximate surface area is 176 Å². The van der Waals surface area contributed by atoms with Crippen LogP contribution in [0.3, 0.4) is 0 Å². The highest BCUT2D eigenvalue weighted by Gasteiger charge is 2.08. The summed E-state index contributed by atoms with van der Waals surface area (Å²) in [6, 6.07) is 12.8. The summed E-state index contributed by atoms with van der Waals surface area (Å²) < 4.78 is 0. The van der Waals surface area contributed by atoms with Crippen LogP contribution in [-0.4, -0.2) is 48.0 Å². The molecule has 0 unspecified atom stereocenters. The van der Waals surface area contributed by atoms with Crippen molar-refractivity contribution in [3.05, 3.63) is 64.1 Å². The summed E-state index contributed by atoms with van der Waals surface area (Å²) in [5.74, 6) is 0.463. The molecule has 0 aliphatic carbocycles.